The summed E-state index contributed by atoms with van der Waals surface area (Å²) in [6, 6.07) is 0.0843. The van der Waals surface area contributed by atoms with Gasteiger partial charge in [-0.1, -0.05) is 6.92 Å². The Bertz CT molecular complexity index is 279. The molecular formula is C9H18N4OS. The van der Waals surface area contributed by atoms with Gasteiger partial charge < -0.3 is 15.8 Å². The Hall–Kier alpha value is -0.720. The topological polar surface area (TPSA) is 73.1 Å². The third kappa shape index (κ3) is 4.55. The number of hydrogen-bond acceptors (Lipinski definition) is 6. The molecule has 0 aliphatic rings. The average Bonchev–Trinajstić information content (AvgIpc) is 2.66. The highest BCUT2D eigenvalue weighted by Crippen LogP contribution is 2.10. The minimum absolute atomic E-state index is 0.0843. The van der Waals surface area contributed by atoms with Crippen molar-refractivity contribution in [1.29, 1.82) is 0 Å². The summed E-state index contributed by atoms with van der Waals surface area (Å²) < 4.78 is 9.13. The maximum atomic E-state index is 5.78. The number of methoxy groups -OCH3 is 1. The number of ether oxygens (including phenoxy) is 1. The molecule has 0 amide bonds. The summed E-state index contributed by atoms with van der Waals surface area (Å²) in [5.41, 5.74) is 5.78. The lowest BCUT2D eigenvalue weighted by atomic mass is 10.2. The number of hydrogen-bond donors (Lipinski definition) is 2. The molecule has 1 heterocycles. The van der Waals surface area contributed by atoms with Crippen molar-refractivity contribution >= 4 is 16.7 Å². The van der Waals surface area contributed by atoms with Crippen LogP contribution in [0.5, 0.6) is 0 Å². The Morgan fingerprint density at radius 2 is 2.40 bits per heavy atom. The zero-order chi connectivity index (χ0) is 11.1. The van der Waals surface area contributed by atoms with E-state index in [1.807, 2.05) is 6.92 Å². The van der Waals surface area contributed by atoms with Crippen LogP contribution in [0.3, 0.4) is 0 Å². The molecule has 0 bridgehead atoms. The molecule has 86 valence electrons. The molecule has 5 nitrogen and oxygen atoms in total. The Morgan fingerprint density at radius 1 is 1.60 bits per heavy atom. The van der Waals surface area contributed by atoms with Gasteiger partial charge in [-0.15, -0.1) is 0 Å². The molecule has 1 unspecified atom stereocenters. The van der Waals surface area contributed by atoms with Crippen molar-refractivity contribution in [3.8, 4) is 0 Å². The summed E-state index contributed by atoms with van der Waals surface area (Å²) >= 11 is 1.39. The molecule has 15 heavy (non-hydrogen) atoms. The van der Waals surface area contributed by atoms with Crippen LogP contribution in [-0.2, 0) is 11.2 Å². The number of rotatable bonds is 7. The molecule has 1 aromatic heterocycles. The molecule has 0 fully saturated rings. The summed E-state index contributed by atoms with van der Waals surface area (Å²) in [5.74, 6) is 0.892. The standard InChI is InChI=1S/C9H18N4OS/c1-3-8-12-9(15-13-8)11-5-4-7(10)6-14-2/h7H,3-6,10H2,1-2H3,(H,11,12,13). The lowest BCUT2D eigenvalue weighted by Gasteiger charge is -2.09. The van der Waals surface area contributed by atoms with E-state index in [4.69, 9.17) is 10.5 Å². The van der Waals surface area contributed by atoms with Gasteiger partial charge in [-0.3, -0.25) is 0 Å². The van der Waals surface area contributed by atoms with E-state index in [9.17, 15) is 0 Å². The minimum Gasteiger partial charge on any atom is -0.383 e. The summed E-state index contributed by atoms with van der Waals surface area (Å²) in [5, 5.41) is 4.07. The van der Waals surface area contributed by atoms with Gasteiger partial charge in [-0.2, -0.15) is 4.37 Å². The van der Waals surface area contributed by atoms with Crippen LogP contribution in [-0.4, -0.2) is 35.7 Å². The SMILES string of the molecule is CCc1nsc(NCCC(N)COC)n1. The van der Waals surface area contributed by atoms with Gasteiger partial charge in [-0.25, -0.2) is 4.98 Å². The predicted octanol–water partition coefficient (Wildman–Crippen LogP) is 0.876. The average molecular weight is 230 g/mol. The minimum atomic E-state index is 0.0843. The number of aromatic nitrogens is 2. The quantitative estimate of drug-likeness (QED) is 0.727. The second-order valence-electron chi connectivity index (χ2n) is 3.30. The van der Waals surface area contributed by atoms with Crippen LogP contribution < -0.4 is 11.1 Å². The summed E-state index contributed by atoms with van der Waals surface area (Å²) in [7, 11) is 1.66. The molecule has 3 N–H and O–H groups in total. The van der Waals surface area contributed by atoms with Gasteiger partial charge in [0.1, 0.15) is 5.82 Å². The smallest absolute Gasteiger partial charge is 0.202 e. The Labute approximate surface area is 94.2 Å². The number of nitrogens with two attached hydrogens (primary N) is 1. The van der Waals surface area contributed by atoms with Crippen molar-refractivity contribution in [1.82, 2.24) is 9.36 Å². The van der Waals surface area contributed by atoms with E-state index in [2.05, 4.69) is 14.7 Å². The number of nitrogens with one attached hydrogen (secondary N) is 1. The van der Waals surface area contributed by atoms with Crippen molar-refractivity contribution in [2.24, 2.45) is 5.73 Å². The van der Waals surface area contributed by atoms with E-state index in [0.29, 0.717) is 6.61 Å². The predicted molar refractivity (Wildman–Crippen MR) is 62.2 cm³/mol. The molecule has 0 saturated heterocycles. The van der Waals surface area contributed by atoms with Crippen molar-refractivity contribution in [3.63, 3.8) is 0 Å². The van der Waals surface area contributed by atoms with Crippen molar-refractivity contribution in [2.45, 2.75) is 25.8 Å². The first-order valence-corrected chi connectivity index (χ1v) is 5.84. The van der Waals surface area contributed by atoms with Gasteiger partial charge in [0.25, 0.3) is 0 Å². The van der Waals surface area contributed by atoms with E-state index >= 15 is 0 Å². The summed E-state index contributed by atoms with van der Waals surface area (Å²) in [6.45, 7) is 3.45. The van der Waals surface area contributed by atoms with Crippen LogP contribution in [0, 0.1) is 0 Å². The maximum absolute atomic E-state index is 5.78. The molecular weight excluding hydrogens is 212 g/mol. The molecule has 0 spiro atoms. The van der Waals surface area contributed by atoms with Gasteiger partial charge in [-0.05, 0) is 6.42 Å². The lowest BCUT2D eigenvalue weighted by molar-refractivity contribution is 0.178. The zero-order valence-electron chi connectivity index (χ0n) is 9.19. The molecule has 0 aliphatic carbocycles. The van der Waals surface area contributed by atoms with E-state index < -0.39 is 0 Å². The van der Waals surface area contributed by atoms with Crippen LogP contribution in [0.15, 0.2) is 0 Å². The highest BCUT2D eigenvalue weighted by Gasteiger charge is 2.03. The first-order valence-electron chi connectivity index (χ1n) is 5.07. The molecule has 0 radical (unpaired) electrons. The Kier molecular flexibility index (Phi) is 5.52. The maximum Gasteiger partial charge on any atom is 0.202 e. The monoisotopic (exact) mass is 230 g/mol. The van der Waals surface area contributed by atoms with E-state index in [0.717, 1.165) is 30.3 Å². The second kappa shape index (κ2) is 6.71. The van der Waals surface area contributed by atoms with Gasteiger partial charge in [0, 0.05) is 37.6 Å². The molecule has 1 atom stereocenters. The summed E-state index contributed by atoms with van der Waals surface area (Å²) in [4.78, 5) is 4.30. The third-order valence-electron chi connectivity index (χ3n) is 1.96. The highest BCUT2D eigenvalue weighted by molar-refractivity contribution is 7.09. The number of anilines is 1. The van der Waals surface area contributed by atoms with Crippen molar-refractivity contribution < 1.29 is 4.74 Å². The van der Waals surface area contributed by atoms with Crippen LogP contribution >= 0.6 is 11.5 Å². The normalized spacial score (nSPS) is 12.7. The van der Waals surface area contributed by atoms with Gasteiger partial charge in [0.2, 0.25) is 5.13 Å². The van der Waals surface area contributed by atoms with Crippen LogP contribution in [0.4, 0.5) is 5.13 Å². The zero-order valence-corrected chi connectivity index (χ0v) is 10.0. The van der Waals surface area contributed by atoms with E-state index in [-0.39, 0.29) is 6.04 Å². The van der Waals surface area contributed by atoms with Gasteiger partial charge in [0.05, 0.1) is 6.61 Å². The van der Waals surface area contributed by atoms with Crippen molar-refractivity contribution in [3.05, 3.63) is 5.82 Å². The molecule has 6 heteroatoms. The second-order valence-corrected chi connectivity index (χ2v) is 4.05. The molecule has 1 rings (SSSR count). The third-order valence-corrected chi connectivity index (χ3v) is 2.67. The lowest BCUT2D eigenvalue weighted by Crippen LogP contribution is -2.28. The highest BCUT2D eigenvalue weighted by atomic mass is 32.1. The first kappa shape index (κ1) is 12.4. The first-order chi connectivity index (χ1) is 7.26. The molecule has 0 saturated carbocycles. The van der Waals surface area contributed by atoms with Gasteiger partial charge in [0.15, 0.2) is 0 Å². The fourth-order valence-corrected chi connectivity index (χ4v) is 1.81. The van der Waals surface area contributed by atoms with Crippen LogP contribution in [0.25, 0.3) is 0 Å². The van der Waals surface area contributed by atoms with Gasteiger partial charge >= 0.3 is 0 Å². The molecule has 1 aromatic rings. The van der Waals surface area contributed by atoms with Crippen LogP contribution in [0.1, 0.15) is 19.2 Å². The van der Waals surface area contributed by atoms with Crippen LogP contribution in [0.2, 0.25) is 0 Å². The fraction of sp³-hybridized carbons (Fsp3) is 0.778. The Morgan fingerprint density at radius 3 is 3.00 bits per heavy atom. The number of nitrogens with zero attached hydrogens (tertiary/aromatic N) is 2. The molecule has 0 aliphatic heterocycles. The Balaban J connectivity index is 2.19. The number of aryl methyl sites for hydroxylation is 1. The van der Waals surface area contributed by atoms with E-state index in [1.54, 1.807) is 7.11 Å². The van der Waals surface area contributed by atoms with Crippen molar-refractivity contribution in [2.75, 3.05) is 25.6 Å². The fourth-order valence-electron chi connectivity index (χ4n) is 1.13. The largest absolute Gasteiger partial charge is 0.383 e. The van der Waals surface area contributed by atoms with E-state index in [1.165, 1.54) is 11.5 Å². The summed E-state index contributed by atoms with van der Waals surface area (Å²) in [6.07, 6.45) is 1.75. The molecule has 0 aromatic carbocycles.